The molecule has 2 aromatic rings. The topological polar surface area (TPSA) is 634 Å². The maximum atomic E-state index is 15.1. The van der Waals surface area contributed by atoms with Crippen molar-refractivity contribution in [3.05, 3.63) is 65.7 Å². The lowest BCUT2D eigenvalue weighted by Gasteiger charge is -2.35. The summed E-state index contributed by atoms with van der Waals surface area (Å²) in [5.74, 6) is -14.8. The van der Waals surface area contributed by atoms with E-state index in [9.17, 15) is 96.5 Å². The number of hydrogen-bond acceptors (Lipinski definition) is 21. The molecule has 0 radical (unpaired) electrons. The van der Waals surface area contributed by atoms with Gasteiger partial charge >= 0.3 is 19.8 Å². The molecule has 0 spiro atoms. The van der Waals surface area contributed by atoms with Crippen LogP contribution in [0.3, 0.4) is 0 Å². The molecule has 4 saturated heterocycles. The van der Waals surface area contributed by atoms with Crippen molar-refractivity contribution in [3.63, 3.8) is 0 Å². The van der Waals surface area contributed by atoms with Gasteiger partial charge in [-0.25, -0.2) is 9.36 Å². The summed E-state index contributed by atoms with van der Waals surface area (Å²) in [6.07, 6.45) is -0.666. The van der Waals surface area contributed by atoms with Gasteiger partial charge in [0.25, 0.3) is 0 Å². The fraction of sp³-hybridized carbons (Fsp3) is 0.603. The third-order valence-electron chi connectivity index (χ3n) is 20.1. The molecule has 4 aliphatic rings. The van der Waals surface area contributed by atoms with Gasteiger partial charge in [0.15, 0.2) is 5.96 Å². The molecular formula is C73H110N19O22PS. The third-order valence-corrected chi connectivity index (χ3v) is 22.2. The number of phosphoric ester groups is 1. The summed E-state index contributed by atoms with van der Waals surface area (Å²) < 4.78 is 17.6. The Morgan fingerprint density at radius 1 is 0.612 bits per heavy atom. The highest BCUT2D eigenvalue weighted by Gasteiger charge is 2.48. The van der Waals surface area contributed by atoms with E-state index in [2.05, 4.69) is 74.1 Å². The number of nitrogens with zero attached hydrogens (tertiary/aromatic N) is 3. The van der Waals surface area contributed by atoms with Crippen molar-refractivity contribution in [1.29, 1.82) is 0 Å². The Bertz CT molecular complexity index is 3930. The van der Waals surface area contributed by atoms with Crippen LogP contribution >= 0.6 is 19.6 Å². The van der Waals surface area contributed by atoms with Crippen molar-refractivity contribution in [2.75, 3.05) is 38.5 Å². The number of urea groups is 1. The molecule has 4 aliphatic heterocycles. The average Bonchev–Trinajstić information content (AvgIpc) is 1.64. The van der Waals surface area contributed by atoms with Gasteiger partial charge in [0.1, 0.15) is 72.2 Å². The number of fused-ring (bicyclic) bond motifs is 1. The summed E-state index contributed by atoms with van der Waals surface area (Å²) in [6.45, 7) is 8.83. The standard InChI is InChI=1S/C73H110N19O22PS/c1-8-38(4)58(88-63(101)39(5)80-55(96)35-79-54(95)34-78-53(94)23-13-12-22-52-60-49(36-116-52)86-73(110)90-60)69(107)87-57(37(2)3)68(106)85-48(31-42-17-10-9-11-18-42)66(104)82-45(19-14-28-77-72(75)76)64(102)89-59(41(7)114-115(111,112)113)71(109)92-30-16-21-51(92)70(108)91-29-15-20-50(91)67(105)84-47(32-43-24-26-44(93)27-25-43)65(103)81-40(6)62(100)83-46(61(74)99)33-56(97)98/h9-11,17-18,24-27,37-41,45-52,57-60,93H,8,12-16,19-23,28-36H2,1-7H3,(H2,74,99)(H,78,94)(H,79,95)(H,80,96)(H,81,103)(H,82,104)(H,83,100)(H,84,105)(H,85,106)(H,87,107)(H,88,101)(H,89,102)(H,97,98)(H4,75,76,77)(H2,86,90,110)(H2,111,112,113)/t38-,39-,40-,41+,45-,46-,47-,48-,49-,50-,51-,52-,57-,58-,59-,60-/m0/s1. The fourth-order valence-corrected chi connectivity index (χ4v) is 15.7. The second-order valence-electron chi connectivity index (χ2n) is 29.5. The van der Waals surface area contributed by atoms with Crippen LogP contribution in [0, 0.1) is 11.8 Å². The van der Waals surface area contributed by atoms with Crippen molar-refractivity contribution in [2.45, 2.75) is 228 Å². The molecule has 41 nitrogen and oxygen atoms in total. The number of unbranched alkanes of at least 4 members (excludes halogenated alkanes) is 1. The van der Waals surface area contributed by atoms with Gasteiger partial charge in [0, 0.05) is 49.9 Å². The van der Waals surface area contributed by atoms with Gasteiger partial charge in [-0.15, -0.1) is 0 Å². The van der Waals surface area contributed by atoms with Gasteiger partial charge in [-0.05, 0) is 107 Å². The monoisotopic (exact) mass is 1670 g/mol. The molecular weight excluding hydrogens is 1560 g/mol. The van der Waals surface area contributed by atoms with E-state index in [0.717, 1.165) is 30.4 Å². The number of primary amides is 1. The summed E-state index contributed by atoms with van der Waals surface area (Å²) in [5.41, 5.74) is 17.4. The smallest absolute Gasteiger partial charge is 0.469 e. The van der Waals surface area contributed by atoms with Gasteiger partial charge in [-0.2, -0.15) is 11.8 Å². The van der Waals surface area contributed by atoms with Gasteiger partial charge in [-0.3, -0.25) is 81.4 Å². The van der Waals surface area contributed by atoms with E-state index in [1.807, 2.05) is 0 Å². The maximum absolute atomic E-state index is 15.1. The van der Waals surface area contributed by atoms with Crippen molar-refractivity contribution >= 4 is 120 Å². The Morgan fingerprint density at radius 3 is 1.79 bits per heavy atom. The lowest BCUT2D eigenvalue weighted by atomic mass is 9.96. The molecule has 0 unspecified atom stereocenters. The maximum Gasteiger partial charge on any atom is 0.469 e. The predicted octanol–water partition coefficient (Wildman–Crippen LogP) is -4.27. The van der Waals surface area contributed by atoms with Gasteiger partial charge in [-0.1, -0.05) is 83.0 Å². The van der Waals surface area contributed by atoms with Crippen LogP contribution < -0.4 is 86.3 Å². The highest BCUT2D eigenvalue weighted by atomic mass is 32.2. The number of thioether (sulfide) groups is 1. The van der Waals surface area contributed by atoms with Crippen LogP contribution in [0.25, 0.3) is 0 Å². The number of rotatable bonds is 45. The fourth-order valence-electron chi connectivity index (χ4n) is 13.6. The molecule has 0 bridgehead atoms. The molecule has 4 heterocycles. The number of carbonyl (C=O) groups is 16. The first-order valence-electron chi connectivity index (χ1n) is 38.4. The second kappa shape index (κ2) is 45.0. The number of phenolic OH excluding ortho intramolecular Hbond substituents is 1. The van der Waals surface area contributed by atoms with E-state index < -0.39 is 194 Å². The molecule has 6 rings (SSSR count). The van der Waals surface area contributed by atoms with E-state index in [4.69, 9.17) is 21.7 Å². The molecule has 43 heteroatoms. The average molecular weight is 1670 g/mol. The SMILES string of the molecule is CC[C@H](C)[C@H](NC(=O)[C@H](C)NC(=O)CNC(=O)CNC(=O)CCCC[C@@H]1SC[C@@H]2NC(=O)N[C@@H]21)C(=O)N[C@H](C(=O)N[C@@H](Cc1ccccc1)C(=O)N[C@@H](CCCN=C(N)N)C(=O)N[C@H](C(=O)N1CCC[C@H]1C(=O)N1CCC[C@H]1C(=O)N[C@@H](Cc1ccc(O)cc1)C(=O)N[C@@H](C)C(=O)N[C@@H](CC(=O)O)C(N)=O)[C@@H](C)OP(=O)(O)O)C(C)C. The number of aromatic hydroxyl groups is 1. The number of nitrogens with one attached hydrogen (secondary N) is 13. The minimum Gasteiger partial charge on any atom is -0.508 e. The predicted molar refractivity (Wildman–Crippen MR) is 418 cm³/mol. The van der Waals surface area contributed by atoms with Crippen LogP contribution in [0.2, 0.25) is 0 Å². The van der Waals surface area contributed by atoms with E-state index in [1.165, 1.54) is 43.0 Å². The van der Waals surface area contributed by atoms with E-state index in [1.54, 1.807) is 69.8 Å². The molecule has 23 N–H and O–H groups in total. The van der Waals surface area contributed by atoms with Gasteiger partial charge < -0.3 is 116 Å². The van der Waals surface area contributed by atoms with Crippen LogP contribution in [-0.4, -0.2) is 259 Å². The van der Waals surface area contributed by atoms with Crippen LogP contribution in [0.5, 0.6) is 5.75 Å². The minimum absolute atomic E-state index is 0.0306. The third kappa shape index (κ3) is 29.5. The normalized spacial score (nSPS) is 19.7. The number of carboxylic acid groups (broad SMARTS) is 1. The minimum atomic E-state index is -5.51. The number of benzene rings is 2. The summed E-state index contributed by atoms with van der Waals surface area (Å²) in [5, 5.41) is 53.0. The van der Waals surface area contributed by atoms with Crippen LogP contribution in [0.4, 0.5) is 4.79 Å². The number of likely N-dealkylation sites (tertiary alicyclic amines) is 2. The molecule has 16 atom stereocenters. The number of hydrogen-bond donors (Lipinski definition) is 20. The first-order valence-corrected chi connectivity index (χ1v) is 41.0. The number of carbonyl (C=O) groups excluding carboxylic acids is 15. The van der Waals surface area contributed by atoms with Crippen molar-refractivity contribution in [2.24, 2.45) is 34.0 Å². The lowest BCUT2D eigenvalue weighted by molar-refractivity contribution is -0.149. The molecule has 2 aromatic carbocycles. The zero-order chi connectivity index (χ0) is 85.8. The Balaban J connectivity index is 1.13. The number of phenols is 1. The number of guanidine groups is 1. The summed E-state index contributed by atoms with van der Waals surface area (Å²) in [6, 6.07) is -2.82. The van der Waals surface area contributed by atoms with Crippen molar-refractivity contribution < 1.29 is 106 Å². The Morgan fingerprint density at radius 2 is 1.16 bits per heavy atom. The highest BCUT2D eigenvalue weighted by molar-refractivity contribution is 8.00. The Kier molecular flexibility index (Phi) is 36.5. The summed E-state index contributed by atoms with van der Waals surface area (Å²) >= 11 is 1.76. The second-order valence-corrected chi connectivity index (χ2v) is 31.9. The molecule has 0 aromatic heterocycles. The molecule has 640 valence electrons. The molecule has 4 fully saturated rings. The van der Waals surface area contributed by atoms with Crippen LogP contribution in [0.15, 0.2) is 59.6 Å². The number of phosphoric acid groups is 1. The van der Waals surface area contributed by atoms with E-state index in [0.29, 0.717) is 24.0 Å². The molecule has 0 saturated carbocycles. The first kappa shape index (κ1) is 94.1. The molecule has 16 amide bonds. The zero-order valence-electron chi connectivity index (χ0n) is 65.7. The van der Waals surface area contributed by atoms with Crippen molar-refractivity contribution in [3.8, 4) is 5.75 Å². The van der Waals surface area contributed by atoms with Crippen LogP contribution in [0.1, 0.15) is 137 Å². The van der Waals surface area contributed by atoms with Crippen molar-refractivity contribution in [1.82, 2.24) is 78.9 Å². The van der Waals surface area contributed by atoms with Gasteiger partial charge in [0.05, 0.1) is 37.7 Å². The summed E-state index contributed by atoms with van der Waals surface area (Å²) in [4.78, 5) is 244. The van der Waals surface area contributed by atoms with E-state index >= 15 is 4.79 Å². The van der Waals surface area contributed by atoms with E-state index in [-0.39, 0.29) is 118 Å². The first-order chi connectivity index (χ1) is 54.7. The summed E-state index contributed by atoms with van der Waals surface area (Å²) in [7, 11) is -5.51. The Hall–Kier alpha value is -10.7. The number of carboxylic acids is 1. The largest absolute Gasteiger partial charge is 0.508 e. The quantitative estimate of drug-likeness (QED) is 0.00981. The molecule has 116 heavy (non-hydrogen) atoms. The number of aliphatic imine (C=N–C) groups is 1. The highest BCUT2D eigenvalue weighted by Crippen LogP contribution is 2.39. The van der Waals surface area contributed by atoms with Gasteiger partial charge in [0.2, 0.25) is 82.7 Å². The zero-order valence-corrected chi connectivity index (χ0v) is 67.4. The van der Waals surface area contributed by atoms with Crippen LogP contribution in [-0.2, 0) is 93.8 Å². The number of aliphatic carboxylic acids is 1. The number of amides is 16. The Labute approximate surface area is 674 Å². The number of nitrogens with two attached hydrogens (primary N) is 3. The molecule has 0 aliphatic carbocycles. The lowest BCUT2D eigenvalue weighted by Crippen LogP contribution is -2.62.